The highest BCUT2D eigenvalue weighted by atomic mass is 16.5. The van der Waals surface area contributed by atoms with Crippen LogP contribution in [0.2, 0.25) is 0 Å². The Morgan fingerprint density at radius 3 is 2.67 bits per heavy atom. The van der Waals surface area contributed by atoms with E-state index in [-0.39, 0.29) is 0 Å². The molecule has 0 amide bonds. The summed E-state index contributed by atoms with van der Waals surface area (Å²) in [5, 5.41) is 0. The van der Waals surface area contributed by atoms with Gasteiger partial charge in [-0.15, -0.1) is 0 Å². The van der Waals surface area contributed by atoms with Crippen LogP contribution in [-0.2, 0) is 0 Å². The Hall–Kier alpha value is -2.03. The van der Waals surface area contributed by atoms with Gasteiger partial charge in [0.05, 0.1) is 13.7 Å². The minimum Gasteiger partial charge on any atom is -0.493 e. The van der Waals surface area contributed by atoms with Gasteiger partial charge in [-0.05, 0) is 30.2 Å². The Morgan fingerprint density at radius 2 is 2.00 bits per heavy atom. The quantitative estimate of drug-likeness (QED) is 0.804. The first-order chi connectivity index (χ1) is 8.85. The Bertz CT molecular complexity index is 497. The average molecular weight is 243 g/mol. The van der Waals surface area contributed by atoms with Gasteiger partial charge in [0, 0.05) is 18.0 Å². The van der Waals surface area contributed by atoms with Crippen molar-refractivity contribution in [1.82, 2.24) is 4.98 Å². The van der Waals surface area contributed by atoms with E-state index in [1.165, 1.54) is 0 Å². The van der Waals surface area contributed by atoms with Crippen molar-refractivity contribution in [2.45, 2.75) is 13.3 Å². The number of ether oxygens (including phenoxy) is 2. The molecule has 1 aromatic carbocycles. The fourth-order valence-electron chi connectivity index (χ4n) is 1.71. The van der Waals surface area contributed by atoms with Crippen molar-refractivity contribution in [3.05, 3.63) is 42.7 Å². The monoisotopic (exact) mass is 243 g/mol. The maximum absolute atomic E-state index is 5.69. The lowest BCUT2D eigenvalue weighted by Crippen LogP contribution is -1.98. The van der Waals surface area contributed by atoms with Crippen LogP contribution in [0.4, 0.5) is 0 Å². The van der Waals surface area contributed by atoms with E-state index >= 15 is 0 Å². The molecule has 0 bridgehead atoms. The second-order valence-electron chi connectivity index (χ2n) is 3.96. The van der Waals surface area contributed by atoms with Crippen LogP contribution in [0.1, 0.15) is 13.3 Å². The van der Waals surface area contributed by atoms with Gasteiger partial charge in [-0.3, -0.25) is 4.98 Å². The van der Waals surface area contributed by atoms with Crippen LogP contribution in [0.3, 0.4) is 0 Å². The molecular weight excluding hydrogens is 226 g/mol. The molecule has 0 saturated carbocycles. The molecule has 1 heterocycles. The zero-order valence-electron chi connectivity index (χ0n) is 10.7. The summed E-state index contributed by atoms with van der Waals surface area (Å²) in [4.78, 5) is 4.12. The highest BCUT2D eigenvalue weighted by Crippen LogP contribution is 2.32. The van der Waals surface area contributed by atoms with E-state index in [2.05, 4.69) is 11.9 Å². The molecule has 0 atom stereocenters. The second-order valence-corrected chi connectivity index (χ2v) is 3.96. The maximum atomic E-state index is 5.69. The molecule has 0 unspecified atom stereocenters. The number of methoxy groups -OCH3 is 1. The van der Waals surface area contributed by atoms with Gasteiger partial charge in [-0.1, -0.05) is 19.1 Å². The third-order valence-electron chi connectivity index (χ3n) is 2.62. The Morgan fingerprint density at radius 1 is 1.11 bits per heavy atom. The Labute approximate surface area is 107 Å². The largest absolute Gasteiger partial charge is 0.493 e. The van der Waals surface area contributed by atoms with Gasteiger partial charge < -0.3 is 9.47 Å². The molecule has 0 aliphatic rings. The van der Waals surface area contributed by atoms with Gasteiger partial charge in [-0.25, -0.2) is 0 Å². The van der Waals surface area contributed by atoms with E-state index in [1.54, 1.807) is 13.3 Å². The summed E-state index contributed by atoms with van der Waals surface area (Å²) in [6.45, 7) is 2.77. The maximum Gasteiger partial charge on any atom is 0.161 e. The third-order valence-corrected chi connectivity index (χ3v) is 2.62. The van der Waals surface area contributed by atoms with E-state index in [4.69, 9.17) is 9.47 Å². The predicted molar refractivity (Wildman–Crippen MR) is 72.0 cm³/mol. The molecule has 1 aromatic heterocycles. The predicted octanol–water partition coefficient (Wildman–Crippen LogP) is 3.55. The van der Waals surface area contributed by atoms with Gasteiger partial charge >= 0.3 is 0 Å². The molecule has 0 spiro atoms. The summed E-state index contributed by atoms with van der Waals surface area (Å²) in [6.07, 6.45) is 4.58. The number of aromatic nitrogens is 1. The van der Waals surface area contributed by atoms with Crippen LogP contribution in [0.15, 0.2) is 42.7 Å². The molecule has 0 N–H and O–H groups in total. The molecule has 2 rings (SSSR count). The zero-order valence-corrected chi connectivity index (χ0v) is 10.7. The number of hydrogen-bond donors (Lipinski definition) is 0. The zero-order chi connectivity index (χ0) is 12.8. The smallest absolute Gasteiger partial charge is 0.161 e. The highest BCUT2D eigenvalue weighted by Gasteiger charge is 2.06. The number of pyridine rings is 1. The van der Waals surface area contributed by atoms with Crippen molar-refractivity contribution in [3.63, 3.8) is 0 Å². The Kier molecular flexibility index (Phi) is 4.18. The van der Waals surface area contributed by atoms with Crippen LogP contribution in [-0.4, -0.2) is 18.7 Å². The lowest BCUT2D eigenvalue weighted by molar-refractivity contribution is 0.294. The SMILES string of the molecule is CCCOc1cc(-c2cccnc2)ccc1OC. The van der Waals surface area contributed by atoms with E-state index in [1.807, 2.05) is 36.5 Å². The van der Waals surface area contributed by atoms with Gasteiger partial charge in [0.2, 0.25) is 0 Å². The minimum atomic E-state index is 0.687. The molecule has 3 heteroatoms. The first kappa shape index (κ1) is 12.4. The van der Waals surface area contributed by atoms with Crippen LogP contribution in [0.25, 0.3) is 11.1 Å². The van der Waals surface area contributed by atoms with E-state index in [9.17, 15) is 0 Å². The minimum absolute atomic E-state index is 0.687. The van der Waals surface area contributed by atoms with Crippen molar-refractivity contribution in [1.29, 1.82) is 0 Å². The number of hydrogen-bond acceptors (Lipinski definition) is 3. The molecule has 3 nitrogen and oxygen atoms in total. The van der Waals surface area contributed by atoms with Crippen LogP contribution in [0.5, 0.6) is 11.5 Å². The number of rotatable bonds is 5. The van der Waals surface area contributed by atoms with Gasteiger partial charge in [-0.2, -0.15) is 0 Å². The van der Waals surface area contributed by atoms with Crippen LogP contribution >= 0.6 is 0 Å². The summed E-state index contributed by atoms with van der Waals surface area (Å²) in [5.41, 5.74) is 2.15. The van der Waals surface area contributed by atoms with Gasteiger partial charge in [0.1, 0.15) is 0 Å². The summed E-state index contributed by atoms with van der Waals surface area (Å²) < 4.78 is 11.0. The van der Waals surface area contributed by atoms with E-state index in [0.29, 0.717) is 6.61 Å². The first-order valence-electron chi connectivity index (χ1n) is 6.06. The van der Waals surface area contributed by atoms with Crippen molar-refractivity contribution in [2.75, 3.05) is 13.7 Å². The lowest BCUT2D eigenvalue weighted by Gasteiger charge is -2.11. The normalized spacial score (nSPS) is 10.1. The van der Waals surface area contributed by atoms with Crippen LogP contribution < -0.4 is 9.47 Å². The molecule has 0 aliphatic heterocycles. The van der Waals surface area contributed by atoms with Gasteiger partial charge in [0.15, 0.2) is 11.5 Å². The van der Waals surface area contributed by atoms with Crippen molar-refractivity contribution >= 4 is 0 Å². The van der Waals surface area contributed by atoms with Crippen LogP contribution in [0, 0.1) is 0 Å². The molecule has 18 heavy (non-hydrogen) atoms. The van der Waals surface area contributed by atoms with Crippen molar-refractivity contribution < 1.29 is 9.47 Å². The van der Waals surface area contributed by atoms with Gasteiger partial charge in [0.25, 0.3) is 0 Å². The number of benzene rings is 1. The standard InChI is InChI=1S/C15H17NO2/c1-3-9-18-15-10-12(6-7-14(15)17-2)13-5-4-8-16-11-13/h4-8,10-11H,3,9H2,1-2H3. The summed E-state index contributed by atoms with van der Waals surface area (Å²) >= 11 is 0. The molecule has 0 aliphatic carbocycles. The average Bonchev–Trinajstić information content (AvgIpc) is 2.45. The van der Waals surface area contributed by atoms with Crippen molar-refractivity contribution in [3.8, 4) is 22.6 Å². The van der Waals surface area contributed by atoms with E-state index in [0.717, 1.165) is 29.0 Å². The fourth-order valence-corrected chi connectivity index (χ4v) is 1.71. The number of nitrogens with zero attached hydrogens (tertiary/aromatic N) is 1. The van der Waals surface area contributed by atoms with E-state index < -0.39 is 0 Å². The Balaban J connectivity index is 2.33. The highest BCUT2D eigenvalue weighted by molar-refractivity contribution is 5.66. The fraction of sp³-hybridized carbons (Fsp3) is 0.267. The van der Waals surface area contributed by atoms with Crippen molar-refractivity contribution in [2.24, 2.45) is 0 Å². The lowest BCUT2D eigenvalue weighted by atomic mass is 10.1. The summed E-state index contributed by atoms with van der Waals surface area (Å²) in [6, 6.07) is 9.87. The first-order valence-corrected chi connectivity index (χ1v) is 6.06. The molecule has 2 aromatic rings. The second kappa shape index (κ2) is 6.05. The molecular formula is C15H17NO2. The molecule has 0 radical (unpaired) electrons. The summed E-state index contributed by atoms with van der Waals surface area (Å²) in [5.74, 6) is 1.54. The topological polar surface area (TPSA) is 31.4 Å². The molecule has 0 saturated heterocycles. The third kappa shape index (κ3) is 2.80. The summed E-state index contributed by atoms with van der Waals surface area (Å²) in [7, 11) is 1.65. The molecule has 94 valence electrons. The molecule has 0 fully saturated rings.